The summed E-state index contributed by atoms with van der Waals surface area (Å²) in [6.07, 6.45) is 6.19. The first-order valence-corrected chi connectivity index (χ1v) is 7.66. The van der Waals surface area contributed by atoms with Crippen LogP contribution in [0.3, 0.4) is 0 Å². The quantitative estimate of drug-likeness (QED) is 0.847. The van der Waals surface area contributed by atoms with E-state index in [1.165, 1.54) is 31.2 Å². The van der Waals surface area contributed by atoms with Crippen molar-refractivity contribution in [3.05, 3.63) is 35.9 Å². The fraction of sp³-hybridized carbons (Fsp3) is 0.647. The molecule has 1 aliphatic rings. The molecule has 2 N–H and O–H groups in total. The van der Waals surface area contributed by atoms with Gasteiger partial charge in [-0.2, -0.15) is 0 Å². The first-order chi connectivity index (χ1) is 9.09. The first kappa shape index (κ1) is 14.5. The van der Waals surface area contributed by atoms with Crippen molar-refractivity contribution in [2.24, 2.45) is 5.73 Å². The predicted molar refractivity (Wildman–Crippen MR) is 82.0 cm³/mol. The largest absolute Gasteiger partial charge is 0.325 e. The Morgan fingerprint density at radius 1 is 1.16 bits per heavy atom. The number of benzene rings is 1. The van der Waals surface area contributed by atoms with Gasteiger partial charge in [0.1, 0.15) is 0 Å². The van der Waals surface area contributed by atoms with E-state index in [2.05, 4.69) is 49.1 Å². The van der Waals surface area contributed by atoms with Gasteiger partial charge in [0, 0.05) is 24.7 Å². The van der Waals surface area contributed by atoms with Gasteiger partial charge < -0.3 is 5.73 Å². The lowest BCUT2D eigenvalue weighted by Gasteiger charge is -2.31. The third-order valence-corrected chi connectivity index (χ3v) is 4.46. The number of nitrogens with two attached hydrogens (primary N) is 1. The molecule has 0 radical (unpaired) electrons. The van der Waals surface area contributed by atoms with E-state index in [1.807, 2.05) is 0 Å². The molecular weight excluding hydrogens is 232 g/mol. The van der Waals surface area contributed by atoms with Gasteiger partial charge in [-0.3, -0.25) is 4.90 Å². The molecule has 2 heteroatoms. The fourth-order valence-corrected chi connectivity index (χ4v) is 3.03. The molecule has 1 aromatic carbocycles. The maximum absolute atomic E-state index is 6.47. The molecule has 0 unspecified atom stereocenters. The Morgan fingerprint density at radius 3 is 2.37 bits per heavy atom. The lowest BCUT2D eigenvalue weighted by molar-refractivity contribution is 0.189. The molecule has 0 bridgehead atoms. The summed E-state index contributed by atoms with van der Waals surface area (Å²) < 4.78 is 0. The average Bonchev–Trinajstić information content (AvgIpc) is 2.83. The molecule has 2 rings (SSSR count). The Morgan fingerprint density at radius 2 is 1.79 bits per heavy atom. The van der Waals surface area contributed by atoms with Gasteiger partial charge in [-0.05, 0) is 38.7 Å². The maximum Gasteiger partial charge on any atom is 0.0236 e. The molecule has 19 heavy (non-hydrogen) atoms. The monoisotopic (exact) mass is 260 g/mol. The van der Waals surface area contributed by atoms with Crippen LogP contribution in [0, 0.1) is 0 Å². The summed E-state index contributed by atoms with van der Waals surface area (Å²) in [6, 6.07) is 11.3. The lowest BCUT2D eigenvalue weighted by Crippen LogP contribution is -2.42. The Bertz CT molecular complexity index is 366. The molecule has 1 aliphatic carbocycles. The molecule has 106 valence electrons. The van der Waals surface area contributed by atoms with Crippen molar-refractivity contribution in [2.45, 2.75) is 64.1 Å². The van der Waals surface area contributed by atoms with Crippen LogP contribution in [-0.4, -0.2) is 23.0 Å². The highest BCUT2D eigenvalue weighted by atomic mass is 15.1. The maximum atomic E-state index is 6.47. The van der Waals surface area contributed by atoms with Crippen molar-refractivity contribution >= 4 is 0 Å². The Kier molecular flexibility index (Phi) is 5.00. The zero-order chi connectivity index (χ0) is 13.7. The van der Waals surface area contributed by atoms with Gasteiger partial charge >= 0.3 is 0 Å². The molecule has 1 saturated carbocycles. The van der Waals surface area contributed by atoms with E-state index in [9.17, 15) is 0 Å². The smallest absolute Gasteiger partial charge is 0.0236 e. The van der Waals surface area contributed by atoms with Crippen molar-refractivity contribution in [1.82, 2.24) is 4.90 Å². The highest BCUT2D eigenvalue weighted by molar-refractivity contribution is 5.14. The van der Waals surface area contributed by atoms with Crippen molar-refractivity contribution < 1.29 is 0 Å². The highest BCUT2D eigenvalue weighted by Crippen LogP contribution is 2.30. The highest BCUT2D eigenvalue weighted by Gasteiger charge is 2.29. The normalized spacial score (nSPS) is 18.4. The van der Waals surface area contributed by atoms with E-state index in [4.69, 9.17) is 5.73 Å². The third-order valence-electron chi connectivity index (χ3n) is 4.46. The Balaban J connectivity index is 1.89. The van der Waals surface area contributed by atoms with Gasteiger partial charge in [0.25, 0.3) is 0 Å². The van der Waals surface area contributed by atoms with Gasteiger partial charge in [0.15, 0.2) is 0 Å². The van der Waals surface area contributed by atoms with Crippen LogP contribution in [0.25, 0.3) is 0 Å². The van der Waals surface area contributed by atoms with Crippen molar-refractivity contribution in [2.75, 3.05) is 6.54 Å². The molecule has 0 amide bonds. The fourth-order valence-electron chi connectivity index (χ4n) is 3.03. The van der Waals surface area contributed by atoms with Crippen LogP contribution in [0.4, 0.5) is 0 Å². The molecule has 2 nitrogen and oxygen atoms in total. The second-order valence-electron chi connectivity index (χ2n) is 6.37. The minimum atomic E-state index is 0.115. The summed E-state index contributed by atoms with van der Waals surface area (Å²) in [5.41, 5.74) is 7.99. The summed E-state index contributed by atoms with van der Waals surface area (Å²) in [5, 5.41) is 0. The molecular formula is C17H28N2. The molecule has 1 fully saturated rings. The summed E-state index contributed by atoms with van der Waals surface area (Å²) in [6.45, 7) is 6.71. The summed E-state index contributed by atoms with van der Waals surface area (Å²) in [7, 11) is 0. The summed E-state index contributed by atoms with van der Waals surface area (Å²) in [5.74, 6) is 0. The summed E-state index contributed by atoms with van der Waals surface area (Å²) >= 11 is 0. The topological polar surface area (TPSA) is 29.3 Å². The van der Waals surface area contributed by atoms with E-state index >= 15 is 0 Å². The van der Waals surface area contributed by atoms with Gasteiger partial charge in [-0.15, -0.1) is 0 Å². The Labute approximate surface area is 118 Å². The second kappa shape index (κ2) is 6.53. The van der Waals surface area contributed by atoms with E-state index in [-0.39, 0.29) is 5.54 Å². The van der Waals surface area contributed by atoms with Crippen LogP contribution in [-0.2, 0) is 6.54 Å². The molecule has 0 heterocycles. The third kappa shape index (κ3) is 4.32. The van der Waals surface area contributed by atoms with Crippen LogP contribution in [0.1, 0.15) is 51.5 Å². The molecule has 0 atom stereocenters. The number of nitrogens with zero attached hydrogens (tertiary/aromatic N) is 1. The van der Waals surface area contributed by atoms with Crippen LogP contribution in [0.15, 0.2) is 30.3 Å². The first-order valence-electron chi connectivity index (χ1n) is 7.66. The lowest BCUT2D eigenvalue weighted by atomic mass is 9.94. The minimum absolute atomic E-state index is 0.115. The van der Waals surface area contributed by atoms with Crippen LogP contribution in [0.2, 0.25) is 0 Å². The zero-order valence-electron chi connectivity index (χ0n) is 12.4. The van der Waals surface area contributed by atoms with E-state index in [0.29, 0.717) is 6.04 Å². The van der Waals surface area contributed by atoms with Crippen LogP contribution >= 0.6 is 0 Å². The van der Waals surface area contributed by atoms with Gasteiger partial charge in [-0.1, -0.05) is 43.2 Å². The van der Waals surface area contributed by atoms with Crippen molar-refractivity contribution in [1.29, 1.82) is 0 Å². The van der Waals surface area contributed by atoms with Crippen molar-refractivity contribution in [3.8, 4) is 0 Å². The number of rotatable bonds is 6. The second-order valence-corrected chi connectivity index (χ2v) is 6.37. The van der Waals surface area contributed by atoms with Crippen LogP contribution in [0.5, 0.6) is 0 Å². The van der Waals surface area contributed by atoms with Gasteiger partial charge in [0.2, 0.25) is 0 Å². The predicted octanol–water partition coefficient (Wildman–Crippen LogP) is 3.56. The molecule has 0 spiro atoms. The van der Waals surface area contributed by atoms with E-state index in [0.717, 1.165) is 19.5 Å². The standard InChI is InChI=1S/C17H28N2/c1-15(2)19(14-16-8-4-3-5-9-16)13-12-17(18)10-6-7-11-17/h3-5,8-9,15H,6-7,10-14,18H2,1-2H3. The number of hydrogen-bond acceptors (Lipinski definition) is 2. The summed E-state index contributed by atoms with van der Waals surface area (Å²) in [4.78, 5) is 2.54. The molecule has 0 saturated heterocycles. The number of hydrogen-bond donors (Lipinski definition) is 1. The van der Waals surface area contributed by atoms with Crippen molar-refractivity contribution in [3.63, 3.8) is 0 Å². The Hall–Kier alpha value is -0.860. The van der Waals surface area contributed by atoms with Gasteiger partial charge in [0.05, 0.1) is 0 Å². The zero-order valence-corrected chi connectivity index (χ0v) is 12.4. The molecule has 0 aliphatic heterocycles. The van der Waals surface area contributed by atoms with Gasteiger partial charge in [-0.25, -0.2) is 0 Å². The van der Waals surface area contributed by atoms with E-state index in [1.54, 1.807) is 0 Å². The SMILES string of the molecule is CC(C)N(CCC1(N)CCCC1)Cc1ccccc1. The molecule has 0 aromatic heterocycles. The van der Waals surface area contributed by atoms with Crippen LogP contribution < -0.4 is 5.73 Å². The minimum Gasteiger partial charge on any atom is -0.325 e. The van der Waals surface area contributed by atoms with E-state index < -0.39 is 0 Å². The molecule has 1 aromatic rings. The average molecular weight is 260 g/mol.